The Hall–Kier alpha value is -1.94. The average Bonchev–Trinajstić information content (AvgIpc) is 2.85. The lowest BCUT2D eigenvalue weighted by atomic mass is 10.0. The second kappa shape index (κ2) is 4.97. The molecule has 1 heterocycles. The average molecular weight is 255 g/mol. The first-order chi connectivity index (χ1) is 9.25. The number of carbonyl (C=O) groups is 1. The molecule has 2 unspecified atom stereocenters. The van der Waals surface area contributed by atoms with E-state index in [0.717, 1.165) is 35.9 Å². The van der Waals surface area contributed by atoms with Crippen LogP contribution in [0, 0.1) is 5.92 Å². The van der Waals surface area contributed by atoms with E-state index >= 15 is 0 Å². The van der Waals surface area contributed by atoms with Gasteiger partial charge in [-0.15, -0.1) is 0 Å². The monoisotopic (exact) mass is 255 g/mol. The summed E-state index contributed by atoms with van der Waals surface area (Å²) in [4.78, 5) is 16.5. The molecular weight excluding hydrogens is 238 g/mol. The Labute approximate surface area is 112 Å². The van der Waals surface area contributed by atoms with Crippen LogP contribution in [0.15, 0.2) is 36.5 Å². The van der Waals surface area contributed by atoms with Crippen molar-refractivity contribution in [2.45, 2.75) is 25.3 Å². The van der Waals surface area contributed by atoms with E-state index in [1.165, 1.54) is 0 Å². The molecule has 1 amide bonds. The molecule has 3 N–H and O–H groups in total. The fourth-order valence-corrected chi connectivity index (χ4v) is 2.75. The Morgan fingerprint density at radius 3 is 2.95 bits per heavy atom. The zero-order valence-corrected chi connectivity index (χ0v) is 10.7. The van der Waals surface area contributed by atoms with Gasteiger partial charge in [0.25, 0.3) is 0 Å². The van der Waals surface area contributed by atoms with Crippen LogP contribution in [0.4, 0.5) is 5.69 Å². The number of rotatable bonds is 2. The number of carbonyl (C=O) groups excluding carboxylic acids is 1. The summed E-state index contributed by atoms with van der Waals surface area (Å²) in [6, 6.07) is 9.58. The highest BCUT2D eigenvalue weighted by molar-refractivity contribution is 6.01. The van der Waals surface area contributed by atoms with Crippen LogP contribution in [0.3, 0.4) is 0 Å². The molecule has 4 heteroatoms. The first-order valence-electron chi connectivity index (χ1n) is 6.66. The van der Waals surface area contributed by atoms with Gasteiger partial charge in [0.1, 0.15) is 0 Å². The lowest BCUT2D eigenvalue weighted by molar-refractivity contribution is -0.120. The largest absolute Gasteiger partial charge is 0.327 e. The molecule has 1 aliphatic carbocycles. The fourth-order valence-electron chi connectivity index (χ4n) is 2.75. The second-order valence-electron chi connectivity index (χ2n) is 5.07. The molecule has 2 aromatic rings. The van der Waals surface area contributed by atoms with Gasteiger partial charge >= 0.3 is 0 Å². The van der Waals surface area contributed by atoms with Crippen molar-refractivity contribution in [2.75, 3.05) is 5.32 Å². The lowest BCUT2D eigenvalue weighted by Gasteiger charge is -2.16. The van der Waals surface area contributed by atoms with Crippen LogP contribution >= 0.6 is 0 Å². The van der Waals surface area contributed by atoms with E-state index in [-0.39, 0.29) is 17.9 Å². The highest BCUT2D eigenvalue weighted by Crippen LogP contribution is 2.27. The first-order valence-corrected chi connectivity index (χ1v) is 6.66. The van der Waals surface area contributed by atoms with Crippen molar-refractivity contribution in [2.24, 2.45) is 11.7 Å². The van der Waals surface area contributed by atoms with Crippen molar-refractivity contribution in [3.63, 3.8) is 0 Å². The Morgan fingerprint density at radius 2 is 2.16 bits per heavy atom. The molecule has 2 atom stereocenters. The molecular formula is C15H17N3O. The van der Waals surface area contributed by atoms with Crippen molar-refractivity contribution in [3.05, 3.63) is 36.5 Å². The maximum absolute atomic E-state index is 12.3. The van der Waals surface area contributed by atoms with Crippen molar-refractivity contribution in [1.29, 1.82) is 0 Å². The minimum Gasteiger partial charge on any atom is -0.327 e. The van der Waals surface area contributed by atoms with Gasteiger partial charge in [-0.2, -0.15) is 0 Å². The third kappa shape index (κ3) is 2.31. The number of hydrogen-bond acceptors (Lipinski definition) is 3. The summed E-state index contributed by atoms with van der Waals surface area (Å²) in [5.74, 6) is -0.0340. The summed E-state index contributed by atoms with van der Waals surface area (Å²) in [6.07, 6.45) is 4.61. The number of fused-ring (bicyclic) bond motifs is 1. The number of pyridine rings is 1. The number of anilines is 1. The van der Waals surface area contributed by atoms with Gasteiger partial charge in [-0.25, -0.2) is 0 Å². The van der Waals surface area contributed by atoms with Crippen molar-refractivity contribution in [3.8, 4) is 0 Å². The number of hydrogen-bond donors (Lipinski definition) is 2. The van der Waals surface area contributed by atoms with E-state index in [1.807, 2.05) is 30.3 Å². The van der Waals surface area contributed by atoms with Crippen LogP contribution in [-0.2, 0) is 4.79 Å². The quantitative estimate of drug-likeness (QED) is 0.865. The molecule has 1 fully saturated rings. The van der Waals surface area contributed by atoms with Crippen molar-refractivity contribution >= 4 is 22.5 Å². The molecule has 0 saturated heterocycles. The Kier molecular flexibility index (Phi) is 3.17. The van der Waals surface area contributed by atoms with Crippen LogP contribution < -0.4 is 11.1 Å². The summed E-state index contributed by atoms with van der Waals surface area (Å²) in [5.41, 5.74) is 7.67. The zero-order chi connectivity index (χ0) is 13.2. The van der Waals surface area contributed by atoms with Crippen molar-refractivity contribution in [1.82, 2.24) is 4.98 Å². The maximum Gasteiger partial charge on any atom is 0.229 e. The van der Waals surface area contributed by atoms with Crippen LogP contribution in [0.2, 0.25) is 0 Å². The molecule has 1 saturated carbocycles. The van der Waals surface area contributed by atoms with Crippen LogP contribution in [-0.4, -0.2) is 16.9 Å². The molecule has 4 nitrogen and oxygen atoms in total. The van der Waals surface area contributed by atoms with Crippen LogP contribution in [0.5, 0.6) is 0 Å². The number of amides is 1. The third-order valence-electron chi connectivity index (χ3n) is 3.81. The van der Waals surface area contributed by atoms with E-state index in [4.69, 9.17) is 5.73 Å². The van der Waals surface area contributed by atoms with Gasteiger partial charge in [0, 0.05) is 17.6 Å². The third-order valence-corrected chi connectivity index (χ3v) is 3.81. The lowest BCUT2D eigenvalue weighted by Crippen LogP contribution is -2.34. The summed E-state index contributed by atoms with van der Waals surface area (Å²) in [6.45, 7) is 0. The standard InChI is InChI=1S/C15H17N3O/c16-12-6-1-4-10(12)15(19)18-14-8-2-7-13-11(14)5-3-9-17-13/h2-3,5,7-10,12H,1,4,6,16H2,(H,18,19). The number of benzene rings is 1. The van der Waals surface area contributed by atoms with Gasteiger partial charge in [0.15, 0.2) is 0 Å². The minimum absolute atomic E-state index is 0.00639. The topological polar surface area (TPSA) is 68.0 Å². The number of nitrogens with zero attached hydrogens (tertiary/aromatic N) is 1. The molecule has 0 bridgehead atoms. The highest BCUT2D eigenvalue weighted by Gasteiger charge is 2.30. The summed E-state index contributed by atoms with van der Waals surface area (Å²) < 4.78 is 0. The Balaban J connectivity index is 1.87. The zero-order valence-electron chi connectivity index (χ0n) is 10.7. The Morgan fingerprint density at radius 1 is 1.26 bits per heavy atom. The maximum atomic E-state index is 12.3. The molecule has 0 radical (unpaired) electrons. The summed E-state index contributed by atoms with van der Waals surface area (Å²) in [5, 5.41) is 3.96. The van der Waals surface area contributed by atoms with E-state index in [2.05, 4.69) is 10.3 Å². The highest BCUT2D eigenvalue weighted by atomic mass is 16.1. The minimum atomic E-state index is -0.0630. The van der Waals surface area contributed by atoms with E-state index < -0.39 is 0 Å². The second-order valence-corrected chi connectivity index (χ2v) is 5.07. The molecule has 1 aromatic heterocycles. The van der Waals surface area contributed by atoms with Gasteiger partial charge in [-0.3, -0.25) is 9.78 Å². The van der Waals surface area contributed by atoms with Gasteiger partial charge in [0.2, 0.25) is 5.91 Å². The summed E-state index contributed by atoms with van der Waals surface area (Å²) in [7, 11) is 0. The number of nitrogens with one attached hydrogen (secondary N) is 1. The van der Waals surface area contributed by atoms with Gasteiger partial charge in [0.05, 0.1) is 17.1 Å². The van der Waals surface area contributed by atoms with Gasteiger partial charge < -0.3 is 11.1 Å². The molecule has 0 spiro atoms. The van der Waals surface area contributed by atoms with Crippen molar-refractivity contribution < 1.29 is 4.79 Å². The summed E-state index contributed by atoms with van der Waals surface area (Å²) >= 11 is 0. The van der Waals surface area contributed by atoms with Crippen LogP contribution in [0.25, 0.3) is 10.9 Å². The first kappa shape index (κ1) is 12.1. The fraction of sp³-hybridized carbons (Fsp3) is 0.333. The van der Waals surface area contributed by atoms with E-state index in [1.54, 1.807) is 6.20 Å². The van der Waals surface area contributed by atoms with E-state index in [0.29, 0.717) is 0 Å². The number of aromatic nitrogens is 1. The SMILES string of the molecule is NC1CCCC1C(=O)Nc1cccc2ncccc12. The molecule has 0 aliphatic heterocycles. The molecule has 1 aliphatic rings. The van der Waals surface area contributed by atoms with Gasteiger partial charge in [-0.05, 0) is 37.1 Å². The Bertz CT molecular complexity index is 606. The molecule has 98 valence electrons. The molecule has 19 heavy (non-hydrogen) atoms. The number of nitrogens with two attached hydrogens (primary N) is 1. The predicted octanol–water partition coefficient (Wildman–Crippen LogP) is 2.30. The smallest absolute Gasteiger partial charge is 0.229 e. The van der Waals surface area contributed by atoms with E-state index in [9.17, 15) is 4.79 Å². The van der Waals surface area contributed by atoms with Crippen LogP contribution in [0.1, 0.15) is 19.3 Å². The predicted molar refractivity (Wildman–Crippen MR) is 75.7 cm³/mol. The molecule has 3 rings (SSSR count). The van der Waals surface area contributed by atoms with Gasteiger partial charge in [-0.1, -0.05) is 12.5 Å². The normalized spacial score (nSPS) is 22.6. The molecule has 1 aromatic carbocycles.